The molecular formula is C8H5ClF4. The van der Waals surface area contributed by atoms with Crippen molar-refractivity contribution in [1.82, 2.24) is 0 Å². The summed E-state index contributed by atoms with van der Waals surface area (Å²) in [5.74, 6) is -1.34. The monoisotopic (exact) mass is 211 g/mol. The van der Waals surface area contributed by atoms with Crippen LogP contribution in [-0.2, 0) is 12.1 Å². The van der Waals surface area contributed by atoms with Crippen molar-refractivity contribution in [2.45, 2.75) is 12.1 Å². The minimum absolute atomic E-state index is 0.0661. The highest BCUT2D eigenvalue weighted by atomic mass is 35.5. The van der Waals surface area contributed by atoms with E-state index >= 15 is 0 Å². The molecule has 0 radical (unpaired) electrons. The number of hydrogen-bond acceptors (Lipinski definition) is 0. The molecule has 0 amide bonds. The molecule has 0 saturated carbocycles. The Morgan fingerprint density at radius 1 is 1.23 bits per heavy atom. The average molecular weight is 212 g/mol. The van der Waals surface area contributed by atoms with Gasteiger partial charge in [-0.3, -0.25) is 0 Å². The lowest BCUT2D eigenvalue weighted by Crippen LogP contribution is -2.08. The summed E-state index contributed by atoms with van der Waals surface area (Å²) in [6.07, 6.45) is -4.66. The average Bonchev–Trinajstić information content (AvgIpc) is 2.03. The van der Waals surface area contributed by atoms with Crippen molar-refractivity contribution < 1.29 is 17.6 Å². The van der Waals surface area contributed by atoms with E-state index in [1.165, 1.54) is 6.07 Å². The van der Waals surface area contributed by atoms with Gasteiger partial charge in [-0.1, -0.05) is 6.07 Å². The molecule has 0 N–H and O–H groups in total. The largest absolute Gasteiger partial charge is 0.419 e. The van der Waals surface area contributed by atoms with Gasteiger partial charge in [-0.25, -0.2) is 4.39 Å². The van der Waals surface area contributed by atoms with E-state index in [1.54, 1.807) is 0 Å². The second-order valence-electron chi connectivity index (χ2n) is 2.45. The molecule has 72 valence electrons. The quantitative estimate of drug-likeness (QED) is 0.492. The van der Waals surface area contributed by atoms with Crippen molar-refractivity contribution in [3.05, 3.63) is 35.1 Å². The topological polar surface area (TPSA) is 0 Å². The molecule has 0 fully saturated rings. The molecule has 1 aromatic rings. The van der Waals surface area contributed by atoms with Crippen LogP contribution in [0.15, 0.2) is 18.2 Å². The third kappa shape index (κ3) is 2.34. The lowest BCUT2D eigenvalue weighted by atomic mass is 10.1. The van der Waals surface area contributed by atoms with E-state index in [2.05, 4.69) is 0 Å². The van der Waals surface area contributed by atoms with Gasteiger partial charge in [0.05, 0.1) is 5.56 Å². The highest BCUT2D eigenvalue weighted by molar-refractivity contribution is 6.17. The first-order valence-electron chi connectivity index (χ1n) is 3.36. The summed E-state index contributed by atoms with van der Waals surface area (Å²) in [6, 6.07) is 2.69. The van der Waals surface area contributed by atoms with E-state index in [4.69, 9.17) is 11.6 Å². The number of rotatable bonds is 1. The van der Waals surface area contributed by atoms with Crippen LogP contribution in [0.4, 0.5) is 17.6 Å². The zero-order valence-electron chi connectivity index (χ0n) is 6.33. The third-order valence-corrected chi connectivity index (χ3v) is 1.80. The summed E-state index contributed by atoms with van der Waals surface area (Å²) in [5.41, 5.74) is -1.03. The fraction of sp³-hybridized carbons (Fsp3) is 0.250. The van der Waals surface area contributed by atoms with Crippen LogP contribution in [0.5, 0.6) is 0 Å². The van der Waals surface area contributed by atoms with Gasteiger partial charge in [0, 0.05) is 5.88 Å². The zero-order valence-corrected chi connectivity index (χ0v) is 7.08. The highest BCUT2D eigenvalue weighted by Crippen LogP contribution is 2.32. The second kappa shape index (κ2) is 3.54. The van der Waals surface area contributed by atoms with Gasteiger partial charge in [-0.2, -0.15) is 13.2 Å². The Bertz CT molecular complexity index is 306. The Kier molecular flexibility index (Phi) is 2.81. The van der Waals surface area contributed by atoms with Crippen LogP contribution in [-0.4, -0.2) is 0 Å². The smallest absolute Gasteiger partial charge is 0.206 e. The first-order valence-corrected chi connectivity index (χ1v) is 3.90. The zero-order chi connectivity index (χ0) is 10.1. The van der Waals surface area contributed by atoms with Crippen molar-refractivity contribution in [2.24, 2.45) is 0 Å². The number of alkyl halides is 4. The molecular weight excluding hydrogens is 207 g/mol. The predicted molar refractivity (Wildman–Crippen MR) is 41.0 cm³/mol. The maximum absolute atomic E-state index is 12.6. The number of benzene rings is 1. The minimum atomic E-state index is -4.66. The van der Waals surface area contributed by atoms with Crippen molar-refractivity contribution in [3.63, 3.8) is 0 Å². The normalized spacial score (nSPS) is 11.8. The van der Waals surface area contributed by atoms with Crippen LogP contribution < -0.4 is 0 Å². The maximum Gasteiger partial charge on any atom is 0.419 e. The second-order valence-corrected chi connectivity index (χ2v) is 2.71. The summed E-state index contributed by atoms with van der Waals surface area (Å²) in [5, 5.41) is 0. The molecule has 13 heavy (non-hydrogen) atoms. The van der Waals surface area contributed by atoms with Gasteiger partial charge in [-0.15, -0.1) is 11.6 Å². The first kappa shape index (κ1) is 10.3. The van der Waals surface area contributed by atoms with Crippen molar-refractivity contribution in [3.8, 4) is 0 Å². The predicted octanol–water partition coefficient (Wildman–Crippen LogP) is 3.58. The maximum atomic E-state index is 12.6. The third-order valence-electron chi connectivity index (χ3n) is 1.49. The molecule has 0 bridgehead atoms. The molecule has 0 atom stereocenters. The Hall–Kier alpha value is -0.770. The number of hydrogen-bond donors (Lipinski definition) is 0. The lowest BCUT2D eigenvalue weighted by Gasteiger charge is -2.08. The van der Waals surface area contributed by atoms with Gasteiger partial charge < -0.3 is 0 Å². The van der Waals surface area contributed by atoms with Crippen molar-refractivity contribution in [1.29, 1.82) is 0 Å². The van der Waals surface area contributed by atoms with Crippen molar-refractivity contribution >= 4 is 11.6 Å². The summed E-state index contributed by atoms with van der Waals surface area (Å²) in [6.45, 7) is 0. The molecule has 0 aliphatic carbocycles. The van der Waals surface area contributed by atoms with E-state index in [0.717, 1.165) is 6.07 Å². The summed E-state index contributed by atoms with van der Waals surface area (Å²) in [7, 11) is 0. The Balaban J connectivity index is 3.19. The van der Waals surface area contributed by atoms with E-state index in [1.807, 2.05) is 0 Å². The Morgan fingerprint density at radius 2 is 1.85 bits per heavy atom. The van der Waals surface area contributed by atoms with Crippen LogP contribution in [0.1, 0.15) is 11.1 Å². The Morgan fingerprint density at radius 3 is 2.31 bits per heavy atom. The van der Waals surface area contributed by atoms with Crippen LogP contribution in [0.2, 0.25) is 0 Å². The summed E-state index contributed by atoms with van der Waals surface area (Å²) >= 11 is 5.31. The van der Waals surface area contributed by atoms with E-state index in [-0.39, 0.29) is 11.4 Å². The van der Waals surface area contributed by atoms with Crippen LogP contribution in [0.25, 0.3) is 0 Å². The van der Waals surface area contributed by atoms with Gasteiger partial charge in [0.2, 0.25) is 0 Å². The number of halogens is 5. The SMILES string of the molecule is FC(F)(F)c1cc(CCl)ccc1[18F]. The van der Waals surface area contributed by atoms with Gasteiger partial charge in [0.25, 0.3) is 0 Å². The fourth-order valence-corrected chi connectivity index (χ4v) is 1.04. The van der Waals surface area contributed by atoms with Gasteiger partial charge in [0.1, 0.15) is 5.82 Å². The van der Waals surface area contributed by atoms with Gasteiger partial charge >= 0.3 is 6.18 Å². The molecule has 0 spiro atoms. The van der Waals surface area contributed by atoms with E-state index in [0.29, 0.717) is 6.07 Å². The standard InChI is InChI=1S/C8H5ClF4/c9-4-5-1-2-7(10)6(3-5)8(11,12)13/h1-3H,4H2/i10-1. The van der Waals surface area contributed by atoms with Crippen LogP contribution in [0.3, 0.4) is 0 Å². The molecule has 0 saturated heterocycles. The van der Waals surface area contributed by atoms with Crippen LogP contribution >= 0.6 is 11.6 Å². The molecule has 0 aliphatic rings. The minimum Gasteiger partial charge on any atom is -0.206 e. The molecule has 0 unspecified atom stereocenters. The molecule has 0 aromatic heterocycles. The van der Waals surface area contributed by atoms with Gasteiger partial charge in [-0.05, 0) is 17.7 Å². The van der Waals surface area contributed by atoms with E-state index in [9.17, 15) is 17.6 Å². The summed E-state index contributed by atoms with van der Waals surface area (Å²) in [4.78, 5) is 0. The molecule has 0 heterocycles. The van der Waals surface area contributed by atoms with Gasteiger partial charge in [0.15, 0.2) is 0 Å². The summed E-state index contributed by atoms with van der Waals surface area (Å²) < 4.78 is 48.9. The van der Waals surface area contributed by atoms with E-state index < -0.39 is 17.6 Å². The molecule has 1 rings (SSSR count). The van der Waals surface area contributed by atoms with Crippen LogP contribution in [0, 0.1) is 5.82 Å². The molecule has 5 heteroatoms. The Labute approximate surface area is 77.1 Å². The first-order chi connectivity index (χ1) is 5.95. The highest BCUT2D eigenvalue weighted by Gasteiger charge is 2.33. The lowest BCUT2D eigenvalue weighted by molar-refractivity contribution is -0.140. The molecule has 0 nitrogen and oxygen atoms in total. The molecule has 1 aromatic carbocycles. The molecule has 0 aliphatic heterocycles. The van der Waals surface area contributed by atoms with Crippen molar-refractivity contribution in [2.75, 3.05) is 0 Å². The fourth-order valence-electron chi connectivity index (χ4n) is 0.873.